The highest BCUT2D eigenvalue weighted by Gasteiger charge is 2.26. The van der Waals surface area contributed by atoms with Crippen LogP contribution in [0.2, 0.25) is 0 Å². The molecule has 3 heterocycles. The molecule has 0 aliphatic heterocycles. The Morgan fingerprint density at radius 2 is 1.89 bits per heavy atom. The van der Waals surface area contributed by atoms with Crippen molar-refractivity contribution in [3.8, 4) is 11.4 Å². The van der Waals surface area contributed by atoms with Crippen molar-refractivity contribution in [3.05, 3.63) is 99.2 Å². The van der Waals surface area contributed by atoms with Gasteiger partial charge in [-0.3, -0.25) is 14.6 Å². The normalized spacial score (nSPS) is 14.4. The third-order valence-electron chi connectivity index (χ3n) is 6.59. The monoisotopic (exact) mass is 509 g/mol. The van der Waals surface area contributed by atoms with Gasteiger partial charge >= 0.3 is 5.69 Å². The zero-order valence-electron chi connectivity index (χ0n) is 20.4. The summed E-state index contributed by atoms with van der Waals surface area (Å²) >= 11 is 0. The molecule has 0 radical (unpaired) electrons. The van der Waals surface area contributed by atoms with Gasteiger partial charge in [-0.05, 0) is 54.7 Å². The molecule has 5 aromatic rings. The van der Waals surface area contributed by atoms with Crippen LogP contribution >= 0.6 is 0 Å². The Balaban J connectivity index is 1.11. The summed E-state index contributed by atoms with van der Waals surface area (Å²) in [7, 11) is 0. The first-order valence-electron chi connectivity index (χ1n) is 12.1. The summed E-state index contributed by atoms with van der Waals surface area (Å²) in [5.41, 5.74) is 4.35. The number of rotatable bonds is 6. The molecule has 0 saturated heterocycles. The van der Waals surface area contributed by atoms with Crippen molar-refractivity contribution in [1.82, 2.24) is 35.8 Å². The predicted octanol–water partition coefficient (Wildman–Crippen LogP) is 2.96. The number of fused-ring (bicyclic) bond motifs is 2. The fraction of sp³-hybridized carbons (Fsp3) is 0.185. The average molecular weight is 510 g/mol. The molecular formula is C27H23N7O4. The van der Waals surface area contributed by atoms with Gasteiger partial charge in [0.25, 0.3) is 11.8 Å². The highest BCUT2D eigenvalue weighted by molar-refractivity contribution is 5.97. The molecule has 1 aliphatic rings. The van der Waals surface area contributed by atoms with Gasteiger partial charge in [0.15, 0.2) is 5.82 Å². The average Bonchev–Trinajstić information content (AvgIpc) is 3.64. The van der Waals surface area contributed by atoms with E-state index in [0.717, 1.165) is 51.8 Å². The van der Waals surface area contributed by atoms with E-state index in [2.05, 4.69) is 35.8 Å². The number of aryl methyl sites for hydroxylation is 2. The Bertz CT molecular complexity index is 1750. The highest BCUT2D eigenvalue weighted by Crippen LogP contribution is 2.33. The second-order valence-electron chi connectivity index (χ2n) is 9.21. The maximum Gasteiger partial charge on any atom is 0.340 e. The van der Waals surface area contributed by atoms with E-state index in [0.29, 0.717) is 5.82 Å². The molecule has 0 saturated carbocycles. The van der Waals surface area contributed by atoms with Crippen LogP contribution in [-0.2, 0) is 13.0 Å². The molecule has 0 unspecified atom stereocenters. The number of carbonyl (C=O) groups is 2. The lowest BCUT2D eigenvalue weighted by molar-refractivity contribution is 0.0931. The first-order chi connectivity index (χ1) is 18.4. The zero-order chi connectivity index (χ0) is 26.2. The van der Waals surface area contributed by atoms with Crippen molar-refractivity contribution in [2.45, 2.75) is 32.4 Å². The quantitative estimate of drug-likeness (QED) is 0.274. The van der Waals surface area contributed by atoms with Crippen LogP contribution in [0.5, 0.6) is 0 Å². The van der Waals surface area contributed by atoms with Gasteiger partial charge in [0, 0.05) is 23.6 Å². The summed E-state index contributed by atoms with van der Waals surface area (Å²) in [6.45, 7) is 2.17. The molecule has 38 heavy (non-hydrogen) atoms. The largest absolute Gasteiger partial charge is 0.461 e. The van der Waals surface area contributed by atoms with Crippen molar-refractivity contribution >= 4 is 22.8 Å². The Labute approximate surface area is 215 Å². The Kier molecular flexibility index (Phi) is 5.79. The lowest BCUT2D eigenvalue weighted by atomic mass is 10.0. The van der Waals surface area contributed by atoms with Gasteiger partial charge in [0.2, 0.25) is 0 Å². The third kappa shape index (κ3) is 4.57. The van der Waals surface area contributed by atoms with Crippen molar-refractivity contribution in [3.63, 3.8) is 0 Å². The molecule has 1 aliphatic carbocycles. The summed E-state index contributed by atoms with van der Waals surface area (Å²) in [6, 6.07) is 14.6. The number of furan rings is 1. The molecule has 0 spiro atoms. The third-order valence-corrected chi connectivity index (χ3v) is 6.59. The van der Waals surface area contributed by atoms with Crippen LogP contribution in [-0.4, -0.2) is 37.0 Å². The minimum atomic E-state index is -0.410. The van der Waals surface area contributed by atoms with Gasteiger partial charge in [0.05, 0.1) is 6.04 Å². The van der Waals surface area contributed by atoms with Crippen LogP contribution in [0.1, 0.15) is 55.9 Å². The fourth-order valence-corrected chi connectivity index (χ4v) is 4.75. The van der Waals surface area contributed by atoms with E-state index in [1.165, 1.54) is 12.4 Å². The van der Waals surface area contributed by atoms with Gasteiger partial charge in [0.1, 0.15) is 29.1 Å². The molecule has 2 aromatic carbocycles. The second kappa shape index (κ2) is 9.43. The topological polar surface area (TPSA) is 159 Å². The van der Waals surface area contributed by atoms with Gasteiger partial charge in [-0.2, -0.15) is 5.10 Å². The minimum absolute atomic E-state index is 0.101. The highest BCUT2D eigenvalue weighted by atomic mass is 16.3. The number of amides is 2. The van der Waals surface area contributed by atoms with E-state index >= 15 is 0 Å². The first-order valence-corrected chi connectivity index (χ1v) is 12.1. The van der Waals surface area contributed by atoms with Crippen molar-refractivity contribution < 1.29 is 14.0 Å². The van der Waals surface area contributed by atoms with E-state index in [1.807, 2.05) is 49.4 Å². The number of H-pyrrole nitrogens is 2. The lowest BCUT2D eigenvalue weighted by Gasteiger charge is -2.14. The molecule has 0 bridgehead atoms. The number of aromatic amines is 2. The molecule has 3 aromatic heterocycles. The number of nitrogens with one attached hydrogen (secondary N) is 4. The van der Waals surface area contributed by atoms with Crippen LogP contribution in [0.15, 0.2) is 64.1 Å². The smallest absolute Gasteiger partial charge is 0.340 e. The Hall–Kier alpha value is -5.06. The summed E-state index contributed by atoms with van der Waals surface area (Å²) in [4.78, 5) is 47.8. The van der Waals surface area contributed by atoms with Gasteiger partial charge < -0.3 is 15.1 Å². The molecule has 2 amide bonds. The Morgan fingerprint density at radius 3 is 2.71 bits per heavy atom. The van der Waals surface area contributed by atoms with Gasteiger partial charge in [-0.15, -0.1) is 0 Å². The minimum Gasteiger partial charge on any atom is -0.461 e. The summed E-state index contributed by atoms with van der Waals surface area (Å²) in [5, 5.41) is 13.2. The lowest BCUT2D eigenvalue weighted by Crippen LogP contribution is -2.29. The van der Waals surface area contributed by atoms with Gasteiger partial charge in [-0.1, -0.05) is 24.3 Å². The maximum atomic E-state index is 13.0. The van der Waals surface area contributed by atoms with Crippen LogP contribution in [0.25, 0.3) is 22.4 Å². The van der Waals surface area contributed by atoms with Crippen LogP contribution < -0.4 is 16.3 Å². The van der Waals surface area contributed by atoms with E-state index in [-0.39, 0.29) is 29.7 Å². The summed E-state index contributed by atoms with van der Waals surface area (Å²) in [6.07, 6.45) is 2.70. The molecule has 0 fully saturated rings. The molecule has 6 rings (SSSR count). The zero-order valence-corrected chi connectivity index (χ0v) is 20.4. The number of carbonyl (C=O) groups excluding carboxylic acids is 2. The van der Waals surface area contributed by atoms with E-state index in [4.69, 9.17) is 4.42 Å². The molecule has 11 nitrogen and oxygen atoms in total. The number of hydrogen-bond donors (Lipinski definition) is 4. The molecule has 11 heteroatoms. The van der Waals surface area contributed by atoms with E-state index in [9.17, 15) is 14.4 Å². The number of aromatic nitrogens is 5. The number of nitrogens with zero attached hydrogens (tertiary/aromatic N) is 3. The van der Waals surface area contributed by atoms with E-state index < -0.39 is 11.8 Å². The molecule has 4 N–H and O–H groups in total. The standard InChI is InChI=1S/C27H23N7O4/c1-14-8-17-3-2-15(9-23(17)38-14)12-28-25(35)21-11-22(30-13-29-21)26(36)31-20-7-5-16-10-18(4-6-19(16)20)24-32-27(37)34-33-24/h2-4,6,8-11,13,20H,5,7,12H2,1H3,(H,28,35)(H,31,36)(H2,32,33,34,37)/t20-/m0/s1. The molecule has 190 valence electrons. The summed E-state index contributed by atoms with van der Waals surface area (Å²) in [5.74, 6) is 0.491. The molecule has 1 atom stereocenters. The Morgan fingerprint density at radius 1 is 1.05 bits per heavy atom. The fourth-order valence-electron chi connectivity index (χ4n) is 4.75. The van der Waals surface area contributed by atoms with Crippen LogP contribution in [0.4, 0.5) is 0 Å². The van der Waals surface area contributed by atoms with Crippen molar-refractivity contribution in [2.24, 2.45) is 0 Å². The van der Waals surface area contributed by atoms with Crippen molar-refractivity contribution in [2.75, 3.05) is 0 Å². The SMILES string of the molecule is Cc1cc2ccc(CNC(=O)c3cc(C(=O)N[C@H]4CCc5cc(-c6n[nH]c(=O)[nH]6)ccc54)ncn3)cc2o1. The van der Waals surface area contributed by atoms with Gasteiger partial charge in [-0.25, -0.2) is 19.9 Å². The van der Waals surface area contributed by atoms with Crippen molar-refractivity contribution in [1.29, 1.82) is 0 Å². The number of hydrogen-bond acceptors (Lipinski definition) is 7. The first kappa shape index (κ1) is 23.3. The van der Waals surface area contributed by atoms with E-state index in [1.54, 1.807) is 0 Å². The molecular weight excluding hydrogens is 486 g/mol. The second-order valence-corrected chi connectivity index (χ2v) is 9.21. The number of benzene rings is 2. The maximum absolute atomic E-state index is 13.0. The predicted molar refractivity (Wildman–Crippen MR) is 137 cm³/mol. The van der Waals surface area contributed by atoms with Crippen LogP contribution in [0.3, 0.4) is 0 Å². The summed E-state index contributed by atoms with van der Waals surface area (Å²) < 4.78 is 5.65. The van der Waals surface area contributed by atoms with Crippen LogP contribution in [0, 0.1) is 6.92 Å².